The molecule has 0 spiro atoms. The van der Waals surface area contributed by atoms with E-state index in [1.165, 1.54) is 25.0 Å². The van der Waals surface area contributed by atoms with Crippen LogP contribution in [0.2, 0.25) is 0 Å². The fourth-order valence-corrected chi connectivity index (χ4v) is 1.87. The van der Waals surface area contributed by atoms with Gasteiger partial charge in [0.1, 0.15) is 0 Å². The average Bonchev–Trinajstić information content (AvgIpc) is 3.17. The summed E-state index contributed by atoms with van der Waals surface area (Å²) in [4.78, 5) is 0. The summed E-state index contributed by atoms with van der Waals surface area (Å²) in [6.45, 7) is 0.948. The lowest BCUT2D eigenvalue weighted by Gasteiger charge is -2.07. The van der Waals surface area contributed by atoms with Crippen molar-refractivity contribution in [3.8, 4) is 0 Å². The molecule has 1 nitrogen and oxygen atoms in total. The molecule has 0 aromatic heterocycles. The highest BCUT2D eigenvalue weighted by Crippen LogP contribution is 2.29. The van der Waals surface area contributed by atoms with E-state index in [0.29, 0.717) is 18.0 Å². The van der Waals surface area contributed by atoms with Crippen LogP contribution in [0.1, 0.15) is 30.4 Å². The Bertz CT molecular complexity index is 433. The van der Waals surface area contributed by atoms with E-state index in [9.17, 15) is 13.2 Å². The number of alkyl halides is 3. The van der Waals surface area contributed by atoms with Crippen LogP contribution in [0.3, 0.4) is 0 Å². The minimum atomic E-state index is -4.26. The van der Waals surface area contributed by atoms with Gasteiger partial charge >= 0.3 is 6.18 Å². The van der Waals surface area contributed by atoms with E-state index in [4.69, 9.17) is 0 Å². The SMILES string of the molecule is FC(F)(F)c1cccc(CC=CCCNC2CC2)c1. The van der Waals surface area contributed by atoms with E-state index >= 15 is 0 Å². The quantitative estimate of drug-likeness (QED) is 0.609. The van der Waals surface area contributed by atoms with E-state index in [-0.39, 0.29) is 0 Å². The predicted octanol–water partition coefficient (Wildman–Crippen LogP) is 3.95. The molecule has 4 heteroatoms. The maximum absolute atomic E-state index is 12.5. The summed E-state index contributed by atoms with van der Waals surface area (Å²) in [5.74, 6) is 0. The molecule has 0 aliphatic heterocycles. The summed E-state index contributed by atoms with van der Waals surface area (Å²) in [6, 6.07) is 6.21. The van der Waals surface area contributed by atoms with Crippen molar-refractivity contribution >= 4 is 0 Å². The van der Waals surface area contributed by atoms with Crippen LogP contribution in [0.4, 0.5) is 13.2 Å². The molecule has 1 N–H and O–H groups in total. The molecule has 0 saturated heterocycles. The van der Waals surface area contributed by atoms with Gasteiger partial charge in [0.2, 0.25) is 0 Å². The molecule has 1 aliphatic carbocycles. The zero-order valence-electron chi connectivity index (χ0n) is 10.7. The van der Waals surface area contributed by atoms with Crippen molar-refractivity contribution in [1.82, 2.24) is 5.32 Å². The molecule has 0 radical (unpaired) electrons. The Balaban J connectivity index is 1.76. The molecule has 0 bridgehead atoms. The van der Waals surface area contributed by atoms with E-state index in [1.54, 1.807) is 6.07 Å². The molecule has 19 heavy (non-hydrogen) atoms. The van der Waals surface area contributed by atoms with E-state index in [2.05, 4.69) is 5.32 Å². The minimum absolute atomic E-state index is 0.549. The van der Waals surface area contributed by atoms with Crippen molar-refractivity contribution in [3.63, 3.8) is 0 Å². The largest absolute Gasteiger partial charge is 0.416 e. The summed E-state index contributed by atoms with van der Waals surface area (Å²) in [5, 5.41) is 3.38. The number of benzene rings is 1. The van der Waals surface area contributed by atoms with Crippen molar-refractivity contribution in [2.45, 2.75) is 37.9 Å². The Morgan fingerprint density at radius 3 is 2.68 bits per heavy atom. The topological polar surface area (TPSA) is 12.0 Å². The van der Waals surface area contributed by atoms with E-state index < -0.39 is 11.7 Å². The summed E-state index contributed by atoms with van der Waals surface area (Å²) >= 11 is 0. The first-order chi connectivity index (χ1) is 9.05. The van der Waals surface area contributed by atoms with Crippen LogP contribution in [-0.4, -0.2) is 12.6 Å². The highest BCUT2D eigenvalue weighted by atomic mass is 19.4. The second-order valence-electron chi connectivity index (χ2n) is 4.89. The lowest BCUT2D eigenvalue weighted by atomic mass is 10.1. The predicted molar refractivity (Wildman–Crippen MR) is 69.9 cm³/mol. The van der Waals surface area contributed by atoms with Gasteiger partial charge in [-0.3, -0.25) is 0 Å². The smallest absolute Gasteiger partial charge is 0.314 e. The van der Waals surface area contributed by atoms with E-state index in [0.717, 1.165) is 19.0 Å². The molecule has 0 amide bonds. The number of hydrogen-bond donors (Lipinski definition) is 1. The molecule has 1 saturated carbocycles. The van der Waals surface area contributed by atoms with E-state index in [1.807, 2.05) is 12.2 Å². The van der Waals surface area contributed by atoms with Gasteiger partial charge in [0, 0.05) is 6.04 Å². The van der Waals surface area contributed by atoms with Crippen LogP contribution in [-0.2, 0) is 12.6 Å². The van der Waals surface area contributed by atoms with Crippen molar-refractivity contribution in [2.75, 3.05) is 6.54 Å². The van der Waals surface area contributed by atoms with Gasteiger partial charge in [0.15, 0.2) is 0 Å². The second-order valence-corrected chi connectivity index (χ2v) is 4.89. The molecule has 0 unspecified atom stereocenters. The minimum Gasteiger partial charge on any atom is -0.314 e. The van der Waals surface area contributed by atoms with Crippen LogP contribution < -0.4 is 5.32 Å². The van der Waals surface area contributed by atoms with Gasteiger partial charge in [0.25, 0.3) is 0 Å². The third-order valence-electron chi connectivity index (χ3n) is 3.10. The first-order valence-corrected chi connectivity index (χ1v) is 6.60. The number of rotatable bonds is 6. The number of hydrogen-bond acceptors (Lipinski definition) is 1. The van der Waals surface area contributed by atoms with Crippen molar-refractivity contribution < 1.29 is 13.2 Å². The first-order valence-electron chi connectivity index (χ1n) is 6.60. The van der Waals surface area contributed by atoms with Gasteiger partial charge in [0.05, 0.1) is 5.56 Å². The van der Waals surface area contributed by atoms with Gasteiger partial charge in [-0.25, -0.2) is 0 Å². The van der Waals surface area contributed by atoms with Gasteiger partial charge in [-0.1, -0.05) is 30.4 Å². The Morgan fingerprint density at radius 1 is 1.21 bits per heavy atom. The molecule has 1 fully saturated rings. The van der Waals surface area contributed by atoms with Crippen LogP contribution in [0, 0.1) is 0 Å². The molecule has 0 atom stereocenters. The van der Waals surface area contributed by atoms with Gasteiger partial charge in [-0.15, -0.1) is 0 Å². The first kappa shape index (κ1) is 14.1. The van der Waals surface area contributed by atoms with Crippen LogP contribution >= 0.6 is 0 Å². The van der Waals surface area contributed by atoms with Crippen LogP contribution in [0.25, 0.3) is 0 Å². The average molecular weight is 269 g/mol. The maximum atomic E-state index is 12.5. The third-order valence-corrected chi connectivity index (χ3v) is 3.10. The summed E-state index contributed by atoms with van der Waals surface area (Å²) < 4.78 is 37.5. The molecular weight excluding hydrogens is 251 g/mol. The van der Waals surface area contributed by atoms with Crippen molar-refractivity contribution in [1.29, 1.82) is 0 Å². The molecular formula is C15H18F3N. The standard InChI is InChI=1S/C15H18F3N/c16-15(17,18)13-7-4-6-12(11-13)5-2-1-3-10-19-14-8-9-14/h1-2,4,6-7,11,14,19H,3,5,8-10H2. The number of nitrogens with one attached hydrogen (secondary N) is 1. The fraction of sp³-hybridized carbons (Fsp3) is 0.467. The zero-order valence-corrected chi connectivity index (χ0v) is 10.7. The lowest BCUT2D eigenvalue weighted by Crippen LogP contribution is -2.16. The number of halogens is 3. The molecule has 1 aliphatic rings. The Labute approximate surface area is 111 Å². The third kappa shape index (κ3) is 5.07. The Hall–Kier alpha value is -1.29. The van der Waals surface area contributed by atoms with Crippen molar-refractivity contribution in [2.24, 2.45) is 0 Å². The number of allylic oxidation sites excluding steroid dienone is 1. The van der Waals surface area contributed by atoms with Crippen molar-refractivity contribution in [3.05, 3.63) is 47.5 Å². The second kappa shape index (κ2) is 6.24. The summed E-state index contributed by atoms with van der Waals surface area (Å²) in [6.07, 6.45) is 3.72. The Kier molecular flexibility index (Phi) is 4.64. The molecule has 104 valence electrons. The van der Waals surface area contributed by atoms with Gasteiger partial charge in [-0.2, -0.15) is 13.2 Å². The van der Waals surface area contributed by atoms with Gasteiger partial charge < -0.3 is 5.32 Å². The highest BCUT2D eigenvalue weighted by molar-refractivity contribution is 5.27. The fourth-order valence-electron chi connectivity index (χ4n) is 1.87. The van der Waals surface area contributed by atoms with Crippen LogP contribution in [0.15, 0.2) is 36.4 Å². The monoisotopic (exact) mass is 269 g/mol. The summed E-state index contributed by atoms with van der Waals surface area (Å²) in [7, 11) is 0. The lowest BCUT2D eigenvalue weighted by molar-refractivity contribution is -0.137. The molecule has 0 heterocycles. The normalized spacial score (nSPS) is 16.2. The molecule has 1 aromatic rings. The zero-order chi connectivity index (χ0) is 13.7. The maximum Gasteiger partial charge on any atom is 0.416 e. The Morgan fingerprint density at radius 2 is 2.00 bits per heavy atom. The molecule has 2 rings (SSSR count). The highest BCUT2D eigenvalue weighted by Gasteiger charge is 2.30. The molecule has 1 aromatic carbocycles. The summed E-state index contributed by atoms with van der Waals surface area (Å²) in [5.41, 5.74) is 0.120. The van der Waals surface area contributed by atoms with Gasteiger partial charge in [-0.05, 0) is 43.9 Å². The van der Waals surface area contributed by atoms with Crippen LogP contribution in [0.5, 0.6) is 0 Å².